The molecule has 1 atom stereocenters. The summed E-state index contributed by atoms with van der Waals surface area (Å²) in [7, 11) is 0. The summed E-state index contributed by atoms with van der Waals surface area (Å²) < 4.78 is 0. The van der Waals surface area contributed by atoms with Crippen molar-refractivity contribution < 1.29 is 0 Å². The van der Waals surface area contributed by atoms with Crippen LogP contribution >= 0.6 is 0 Å². The molecule has 1 rings (SSSR count). The zero-order valence-electron chi connectivity index (χ0n) is 11.3. The number of anilines is 1. The molecule has 1 unspecified atom stereocenters. The maximum Gasteiger partial charge on any atom is 0.145 e. The number of hydrogen-bond donors (Lipinski definition) is 1. The molecule has 4 nitrogen and oxygen atoms in total. The van der Waals surface area contributed by atoms with Gasteiger partial charge in [0, 0.05) is 0 Å². The summed E-state index contributed by atoms with van der Waals surface area (Å²) in [6.45, 7) is 4.31. The van der Waals surface area contributed by atoms with Gasteiger partial charge in [-0.2, -0.15) is 5.26 Å². The van der Waals surface area contributed by atoms with Crippen LogP contribution in [0.3, 0.4) is 0 Å². The molecule has 1 aromatic rings. The Morgan fingerprint density at radius 1 is 1.28 bits per heavy atom. The summed E-state index contributed by atoms with van der Waals surface area (Å²) in [5, 5.41) is 9.08. The number of hydrogen-bond acceptors (Lipinski definition) is 4. The number of nitriles is 1. The first-order valence-corrected chi connectivity index (χ1v) is 6.71. The topological polar surface area (TPSA) is 75.6 Å². The van der Waals surface area contributed by atoms with Gasteiger partial charge in [0.1, 0.15) is 23.8 Å². The van der Waals surface area contributed by atoms with Crippen molar-refractivity contribution in [3.8, 4) is 6.07 Å². The third-order valence-corrected chi connectivity index (χ3v) is 3.23. The Labute approximate surface area is 109 Å². The summed E-state index contributed by atoms with van der Waals surface area (Å²) in [5.41, 5.74) is 6.93. The number of rotatable bonds is 7. The lowest BCUT2D eigenvalue weighted by Gasteiger charge is -2.12. The predicted octanol–water partition coefficient (Wildman–Crippen LogP) is 3.39. The van der Waals surface area contributed by atoms with Crippen LogP contribution in [0.4, 0.5) is 5.82 Å². The third-order valence-electron chi connectivity index (χ3n) is 3.23. The van der Waals surface area contributed by atoms with E-state index < -0.39 is 0 Å². The Morgan fingerprint density at radius 2 is 2.00 bits per heavy atom. The van der Waals surface area contributed by atoms with Crippen molar-refractivity contribution in [2.24, 2.45) is 0 Å². The van der Waals surface area contributed by atoms with Gasteiger partial charge in [0.05, 0.1) is 5.69 Å². The Morgan fingerprint density at radius 3 is 2.67 bits per heavy atom. The highest BCUT2D eigenvalue weighted by Gasteiger charge is 2.14. The second-order valence-corrected chi connectivity index (χ2v) is 4.73. The van der Waals surface area contributed by atoms with Crippen molar-refractivity contribution in [3.63, 3.8) is 0 Å². The molecular weight excluding hydrogens is 224 g/mol. The minimum absolute atomic E-state index is 0.270. The van der Waals surface area contributed by atoms with E-state index in [-0.39, 0.29) is 5.92 Å². The fourth-order valence-corrected chi connectivity index (χ4v) is 2.09. The van der Waals surface area contributed by atoms with Gasteiger partial charge in [-0.15, -0.1) is 0 Å². The zero-order chi connectivity index (χ0) is 13.4. The normalized spacial score (nSPS) is 12.1. The van der Waals surface area contributed by atoms with Crippen LogP contribution in [0, 0.1) is 11.3 Å². The molecule has 0 aliphatic heterocycles. The Hall–Kier alpha value is -1.63. The monoisotopic (exact) mass is 246 g/mol. The molecule has 98 valence electrons. The van der Waals surface area contributed by atoms with Crippen molar-refractivity contribution in [2.45, 2.75) is 58.3 Å². The Kier molecular flexibility index (Phi) is 6.13. The van der Waals surface area contributed by atoms with Crippen LogP contribution in [0.25, 0.3) is 0 Å². The standard InChI is InChI=1S/C14H22N4/c1-3-4-5-6-7-8-11(2)13-12(9-15)14(16)18-10-17-13/h10-11H,3-8H2,1-2H3,(H2,16,17,18). The van der Waals surface area contributed by atoms with Gasteiger partial charge in [-0.3, -0.25) is 0 Å². The highest BCUT2D eigenvalue weighted by atomic mass is 14.9. The maximum atomic E-state index is 9.08. The zero-order valence-corrected chi connectivity index (χ0v) is 11.3. The Bertz CT molecular complexity index is 409. The van der Waals surface area contributed by atoms with E-state index in [9.17, 15) is 0 Å². The lowest BCUT2D eigenvalue weighted by molar-refractivity contribution is 0.559. The molecule has 4 heteroatoms. The van der Waals surface area contributed by atoms with Crippen LogP contribution in [0.5, 0.6) is 0 Å². The Balaban J connectivity index is 2.54. The highest BCUT2D eigenvalue weighted by molar-refractivity contribution is 5.51. The predicted molar refractivity (Wildman–Crippen MR) is 73.0 cm³/mol. The van der Waals surface area contributed by atoms with Crippen molar-refractivity contribution in [1.29, 1.82) is 5.26 Å². The number of nitrogens with two attached hydrogens (primary N) is 1. The molecule has 0 spiro atoms. The first-order chi connectivity index (χ1) is 8.70. The van der Waals surface area contributed by atoms with Gasteiger partial charge in [-0.05, 0) is 12.3 Å². The molecule has 0 aliphatic rings. The van der Waals surface area contributed by atoms with Crippen LogP contribution in [0.2, 0.25) is 0 Å². The third kappa shape index (κ3) is 3.99. The molecule has 1 heterocycles. The van der Waals surface area contributed by atoms with E-state index in [1.807, 2.05) is 0 Å². The van der Waals surface area contributed by atoms with Gasteiger partial charge in [0.2, 0.25) is 0 Å². The minimum atomic E-state index is 0.270. The van der Waals surface area contributed by atoms with Gasteiger partial charge < -0.3 is 5.73 Å². The van der Waals surface area contributed by atoms with Crippen molar-refractivity contribution >= 4 is 5.82 Å². The summed E-state index contributed by atoms with van der Waals surface area (Å²) in [5.74, 6) is 0.562. The van der Waals surface area contributed by atoms with Crippen molar-refractivity contribution in [1.82, 2.24) is 9.97 Å². The van der Waals surface area contributed by atoms with E-state index in [0.29, 0.717) is 11.4 Å². The van der Waals surface area contributed by atoms with E-state index >= 15 is 0 Å². The molecule has 18 heavy (non-hydrogen) atoms. The average molecular weight is 246 g/mol. The molecule has 0 bridgehead atoms. The van der Waals surface area contributed by atoms with Crippen molar-refractivity contribution in [2.75, 3.05) is 5.73 Å². The molecule has 0 radical (unpaired) electrons. The van der Waals surface area contributed by atoms with Gasteiger partial charge in [-0.1, -0.05) is 46.0 Å². The van der Waals surface area contributed by atoms with Crippen LogP contribution in [0.15, 0.2) is 6.33 Å². The van der Waals surface area contributed by atoms with Gasteiger partial charge in [0.25, 0.3) is 0 Å². The summed E-state index contributed by atoms with van der Waals surface area (Å²) in [6, 6.07) is 2.11. The summed E-state index contributed by atoms with van der Waals surface area (Å²) in [4.78, 5) is 8.07. The molecule has 0 saturated heterocycles. The number of unbranched alkanes of at least 4 members (excludes halogenated alkanes) is 4. The average Bonchev–Trinajstić information content (AvgIpc) is 2.38. The smallest absolute Gasteiger partial charge is 0.145 e. The molecule has 1 aromatic heterocycles. The van der Waals surface area contributed by atoms with E-state index in [2.05, 4.69) is 29.9 Å². The van der Waals surface area contributed by atoms with Crippen LogP contribution in [0.1, 0.15) is 69.5 Å². The highest BCUT2D eigenvalue weighted by Crippen LogP contribution is 2.24. The summed E-state index contributed by atoms with van der Waals surface area (Å²) in [6.07, 6.45) is 8.78. The molecule has 0 fully saturated rings. The lowest BCUT2D eigenvalue weighted by atomic mass is 9.96. The van der Waals surface area contributed by atoms with Gasteiger partial charge >= 0.3 is 0 Å². The van der Waals surface area contributed by atoms with Crippen LogP contribution in [-0.4, -0.2) is 9.97 Å². The molecular formula is C14H22N4. The SMILES string of the molecule is CCCCCCCC(C)c1ncnc(N)c1C#N. The van der Waals surface area contributed by atoms with Gasteiger partial charge in [-0.25, -0.2) is 9.97 Å². The van der Waals surface area contributed by atoms with E-state index in [1.54, 1.807) is 0 Å². The molecule has 0 aliphatic carbocycles. The molecule has 2 N–H and O–H groups in total. The quantitative estimate of drug-likeness (QED) is 0.748. The van der Waals surface area contributed by atoms with Crippen molar-refractivity contribution in [3.05, 3.63) is 17.6 Å². The first-order valence-electron chi connectivity index (χ1n) is 6.71. The second-order valence-electron chi connectivity index (χ2n) is 4.73. The van der Waals surface area contributed by atoms with Gasteiger partial charge in [0.15, 0.2) is 0 Å². The van der Waals surface area contributed by atoms with E-state index in [4.69, 9.17) is 11.0 Å². The minimum Gasteiger partial charge on any atom is -0.382 e. The fourth-order valence-electron chi connectivity index (χ4n) is 2.09. The summed E-state index contributed by atoms with van der Waals surface area (Å²) >= 11 is 0. The largest absolute Gasteiger partial charge is 0.382 e. The maximum absolute atomic E-state index is 9.08. The van der Waals surface area contributed by atoms with E-state index in [0.717, 1.165) is 12.1 Å². The van der Waals surface area contributed by atoms with Crippen LogP contribution in [-0.2, 0) is 0 Å². The van der Waals surface area contributed by atoms with Crippen LogP contribution < -0.4 is 5.73 Å². The fraction of sp³-hybridized carbons (Fsp3) is 0.643. The second kappa shape index (κ2) is 7.65. The molecule has 0 aromatic carbocycles. The number of nitrogen functional groups attached to an aromatic ring is 1. The first kappa shape index (κ1) is 14.4. The molecule has 0 amide bonds. The molecule has 0 saturated carbocycles. The lowest BCUT2D eigenvalue weighted by Crippen LogP contribution is -2.06. The van der Waals surface area contributed by atoms with E-state index in [1.165, 1.54) is 38.4 Å². The number of nitrogens with zero attached hydrogens (tertiary/aromatic N) is 3. The number of aromatic nitrogens is 2.